The standard InChI is InChI=1S/C29H31F3N4O2/c1-18(19-2-4-20(5-3-19)26-13-24(29(30,31)32)7-6-22(26)14-33)35-28(37)27-12-21(8-10-34-27)23-9-11-36(15-23)25-16-38-17-25/h2-8,10,12-13,18,23,25H,9,11,14-17,33H2,1H3,(H,35,37). The summed E-state index contributed by atoms with van der Waals surface area (Å²) in [7, 11) is 0. The van der Waals surface area contributed by atoms with Gasteiger partial charge in [-0.1, -0.05) is 30.3 Å². The number of likely N-dealkylation sites (tertiary alicyclic amines) is 1. The van der Waals surface area contributed by atoms with Crippen LogP contribution in [-0.4, -0.2) is 48.1 Å². The van der Waals surface area contributed by atoms with Crippen LogP contribution in [0.15, 0.2) is 60.8 Å². The van der Waals surface area contributed by atoms with Crippen LogP contribution in [0.5, 0.6) is 0 Å². The summed E-state index contributed by atoms with van der Waals surface area (Å²) in [6.07, 6.45) is -1.71. The highest BCUT2D eigenvalue weighted by Gasteiger charge is 2.33. The van der Waals surface area contributed by atoms with Crippen molar-refractivity contribution in [3.05, 3.63) is 88.7 Å². The number of amides is 1. The van der Waals surface area contributed by atoms with Gasteiger partial charge in [-0.3, -0.25) is 14.7 Å². The van der Waals surface area contributed by atoms with Gasteiger partial charge in [0.2, 0.25) is 0 Å². The van der Waals surface area contributed by atoms with E-state index in [-0.39, 0.29) is 18.5 Å². The maximum atomic E-state index is 13.2. The maximum Gasteiger partial charge on any atom is 0.416 e. The van der Waals surface area contributed by atoms with Crippen LogP contribution in [0, 0.1) is 0 Å². The molecule has 6 nitrogen and oxygen atoms in total. The van der Waals surface area contributed by atoms with Crippen LogP contribution < -0.4 is 11.1 Å². The molecule has 0 spiro atoms. The molecule has 0 aliphatic carbocycles. The number of nitrogens with two attached hydrogens (primary N) is 1. The average molecular weight is 525 g/mol. The summed E-state index contributed by atoms with van der Waals surface area (Å²) in [6, 6.07) is 14.8. The molecule has 0 saturated carbocycles. The predicted octanol–water partition coefficient (Wildman–Crippen LogP) is 4.91. The molecule has 1 aromatic heterocycles. The summed E-state index contributed by atoms with van der Waals surface area (Å²) in [5.41, 5.74) is 9.07. The van der Waals surface area contributed by atoms with Crippen LogP contribution in [0.25, 0.3) is 11.1 Å². The number of benzene rings is 2. The van der Waals surface area contributed by atoms with E-state index in [1.54, 1.807) is 18.3 Å². The molecular formula is C29H31F3N4O2. The van der Waals surface area contributed by atoms with Crippen molar-refractivity contribution in [1.29, 1.82) is 0 Å². The Morgan fingerprint density at radius 1 is 1.16 bits per heavy atom. The monoisotopic (exact) mass is 524 g/mol. The van der Waals surface area contributed by atoms with Gasteiger partial charge in [0.05, 0.1) is 30.9 Å². The minimum atomic E-state index is -4.44. The first kappa shape index (κ1) is 26.3. The SMILES string of the molecule is CC(NC(=O)c1cc(C2CCN(C3COC3)C2)ccn1)c1ccc(-c2cc(C(F)(F)F)ccc2CN)cc1. The Morgan fingerprint density at radius 2 is 1.92 bits per heavy atom. The van der Waals surface area contributed by atoms with Crippen molar-refractivity contribution in [3.63, 3.8) is 0 Å². The van der Waals surface area contributed by atoms with E-state index in [9.17, 15) is 18.0 Å². The summed E-state index contributed by atoms with van der Waals surface area (Å²) >= 11 is 0. The first-order valence-corrected chi connectivity index (χ1v) is 12.8. The fraction of sp³-hybridized carbons (Fsp3) is 0.379. The van der Waals surface area contributed by atoms with Crippen LogP contribution in [-0.2, 0) is 17.5 Å². The number of halogens is 3. The zero-order valence-electron chi connectivity index (χ0n) is 21.2. The molecule has 2 aliphatic heterocycles. The molecule has 5 rings (SSSR count). The zero-order chi connectivity index (χ0) is 26.9. The fourth-order valence-corrected chi connectivity index (χ4v) is 5.15. The molecule has 0 radical (unpaired) electrons. The number of nitrogens with zero attached hydrogens (tertiary/aromatic N) is 2. The molecule has 3 aromatic rings. The van der Waals surface area contributed by atoms with Gasteiger partial charge in [-0.15, -0.1) is 0 Å². The van der Waals surface area contributed by atoms with E-state index in [0.29, 0.717) is 34.3 Å². The van der Waals surface area contributed by atoms with Crippen molar-refractivity contribution >= 4 is 5.91 Å². The number of hydrogen-bond acceptors (Lipinski definition) is 5. The smallest absolute Gasteiger partial charge is 0.378 e. The van der Waals surface area contributed by atoms with Gasteiger partial charge in [0.15, 0.2) is 0 Å². The second-order valence-electron chi connectivity index (χ2n) is 10.0. The molecule has 2 unspecified atom stereocenters. The molecular weight excluding hydrogens is 493 g/mol. The summed E-state index contributed by atoms with van der Waals surface area (Å²) in [5, 5.41) is 2.99. The summed E-state index contributed by atoms with van der Waals surface area (Å²) in [4.78, 5) is 19.8. The number of carbonyl (C=O) groups excluding carboxylic acids is 1. The van der Waals surface area contributed by atoms with Gasteiger partial charge in [-0.05, 0) is 77.9 Å². The van der Waals surface area contributed by atoms with E-state index in [1.807, 2.05) is 31.2 Å². The molecule has 2 atom stereocenters. The van der Waals surface area contributed by atoms with Gasteiger partial charge in [0.1, 0.15) is 5.69 Å². The Labute approximate surface area is 220 Å². The van der Waals surface area contributed by atoms with E-state index in [4.69, 9.17) is 10.5 Å². The highest BCUT2D eigenvalue weighted by atomic mass is 19.4. The maximum absolute atomic E-state index is 13.2. The third-order valence-electron chi connectivity index (χ3n) is 7.57. The molecule has 200 valence electrons. The largest absolute Gasteiger partial charge is 0.416 e. The molecule has 1 amide bonds. The van der Waals surface area contributed by atoms with Gasteiger partial charge in [0.25, 0.3) is 5.91 Å². The van der Waals surface area contributed by atoms with Crippen molar-refractivity contribution in [3.8, 4) is 11.1 Å². The van der Waals surface area contributed by atoms with Crippen molar-refractivity contribution in [2.75, 3.05) is 26.3 Å². The topological polar surface area (TPSA) is 80.5 Å². The Morgan fingerprint density at radius 3 is 2.58 bits per heavy atom. The fourth-order valence-electron chi connectivity index (χ4n) is 5.15. The molecule has 2 fully saturated rings. The van der Waals surface area contributed by atoms with Gasteiger partial charge < -0.3 is 15.8 Å². The number of pyridine rings is 1. The lowest BCUT2D eigenvalue weighted by Gasteiger charge is -2.34. The molecule has 9 heteroatoms. The summed E-state index contributed by atoms with van der Waals surface area (Å²) < 4.78 is 45.1. The highest BCUT2D eigenvalue weighted by Crippen LogP contribution is 2.34. The molecule has 0 bridgehead atoms. The Bertz CT molecular complexity index is 1290. The lowest BCUT2D eigenvalue weighted by Crippen LogP contribution is -2.47. The lowest BCUT2D eigenvalue weighted by atomic mass is 9.95. The van der Waals surface area contributed by atoms with E-state index in [2.05, 4.69) is 15.2 Å². The van der Waals surface area contributed by atoms with Crippen molar-refractivity contribution in [1.82, 2.24) is 15.2 Å². The third kappa shape index (κ3) is 5.60. The molecule has 38 heavy (non-hydrogen) atoms. The Kier molecular flexibility index (Phi) is 7.52. The Balaban J connectivity index is 1.26. The predicted molar refractivity (Wildman–Crippen MR) is 138 cm³/mol. The molecule has 3 heterocycles. The molecule has 2 aliphatic rings. The van der Waals surface area contributed by atoms with Crippen LogP contribution >= 0.6 is 0 Å². The van der Waals surface area contributed by atoms with Gasteiger partial charge in [-0.25, -0.2) is 0 Å². The van der Waals surface area contributed by atoms with Crippen molar-refractivity contribution in [2.45, 2.75) is 44.1 Å². The normalized spacial score (nSPS) is 19.2. The van der Waals surface area contributed by atoms with E-state index in [0.717, 1.165) is 56.0 Å². The van der Waals surface area contributed by atoms with Crippen LogP contribution in [0.3, 0.4) is 0 Å². The zero-order valence-corrected chi connectivity index (χ0v) is 21.2. The second-order valence-corrected chi connectivity index (χ2v) is 10.0. The molecule has 2 saturated heterocycles. The minimum Gasteiger partial charge on any atom is -0.378 e. The number of hydrogen-bond donors (Lipinski definition) is 2. The van der Waals surface area contributed by atoms with Crippen molar-refractivity contribution < 1.29 is 22.7 Å². The van der Waals surface area contributed by atoms with Crippen LogP contribution in [0.2, 0.25) is 0 Å². The summed E-state index contributed by atoms with van der Waals surface area (Å²) in [6.45, 7) is 5.57. The molecule has 3 N–H and O–H groups in total. The first-order chi connectivity index (χ1) is 18.2. The minimum absolute atomic E-state index is 0.127. The van der Waals surface area contributed by atoms with E-state index >= 15 is 0 Å². The van der Waals surface area contributed by atoms with E-state index in [1.165, 1.54) is 6.07 Å². The number of aromatic nitrogens is 1. The van der Waals surface area contributed by atoms with Gasteiger partial charge >= 0.3 is 6.18 Å². The second kappa shape index (κ2) is 10.8. The quantitative estimate of drug-likeness (QED) is 0.459. The number of nitrogens with one attached hydrogen (secondary N) is 1. The van der Waals surface area contributed by atoms with Crippen LogP contribution in [0.1, 0.15) is 58.0 Å². The number of carbonyl (C=O) groups is 1. The van der Waals surface area contributed by atoms with Gasteiger partial charge in [0, 0.05) is 19.3 Å². The highest BCUT2D eigenvalue weighted by molar-refractivity contribution is 5.92. The lowest BCUT2D eigenvalue weighted by molar-refractivity contribution is -0.137. The number of alkyl halides is 3. The average Bonchev–Trinajstić information content (AvgIpc) is 3.36. The van der Waals surface area contributed by atoms with Gasteiger partial charge in [-0.2, -0.15) is 13.2 Å². The number of rotatable bonds is 7. The van der Waals surface area contributed by atoms with Crippen LogP contribution in [0.4, 0.5) is 13.2 Å². The summed E-state index contributed by atoms with van der Waals surface area (Å²) in [5.74, 6) is 0.0957. The molecule has 2 aromatic carbocycles. The third-order valence-corrected chi connectivity index (χ3v) is 7.57. The number of ether oxygens (including phenoxy) is 1. The van der Waals surface area contributed by atoms with Crippen molar-refractivity contribution in [2.24, 2.45) is 5.73 Å². The van der Waals surface area contributed by atoms with E-state index < -0.39 is 11.7 Å². The first-order valence-electron chi connectivity index (χ1n) is 12.8. The Hall–Kier alpha value is -3.27.